The van der Waals surface area contributed by atoms with Crippen molar-refractivity contribution in [3.8, 4) is 5.75 Å². The largest absolute Gasteiger partial charge is 0.448 e. The summed E-state index contributed by atoms with van der Waals surface area (Å²) in [6.07, 6.45) is -2.09. The molecule has 0 radical (unpaired) electrons. The summed E-state index contributed by atoms with van der Waals surface area (Å²) in [6, 6.07) is 8.36. The van der Waals surface area contributed by atoms with Crippen LogP contribution in [0.2, 0.25) is 0 Å². The normalized spacial score (nSPS) is 22.9. The highest BCUT2D eigenvalue weighted by atomic mass is 31.2. The lowest BCUT2D eigenvalue weighted by atomic mass is 10.2. The summed E-state index contributed by atoms with van der Waals surface area (Å²) in [5, 5.41) is 2.28. The van der Waals surface area contributed by atoms with Gasteiger partial charge in [0.05, 0.1) is 12.7 Å². The van der Waals surface area contributed by atoms with Crippen LogP contribution in [0, 0.1) is 0 Å². The number of rotatable bonds is 7. The number of hydrogen-bond donors (Lipinski definition) is 1. The lowest BCUT2D eigenvalue weighted by Crippen LogP contribution is -2.48. The maximum absolute atomic E-state index is 14.2. The predicted octanol–water partition coefficient (Wildman–Crippen LogP) is 3.56. The third kappa shape index (κ3) is 5.11. The van der Waals surface area contributed by atoms with Crippen molar-refractivity contribution >= 4 is 14.4 Å². The van der Waals surface area contributed by atoms with Crippen LogP contribution in [0.25, 0.3) is 0 Å². The summed E-state index contributed by atoms with van der Waals surface area (Å²) in [5.41, 5.74) is 0. The summed E-state index contributed by atoms with van der Waals surface area (Å²) in [7, 11) is 0.0544. The number of hydrogen-bond acceptors (Lipinski definition) is 4. The number of carbonyl (C=O) groups is 1. The number of benzene rings is 1. The van der Waals surface area contributed by atoms with E-state index in [-0.39, 0.29) is 6.61 Å². The van der Waals surface area contributed by atoms with Crippen LogP contribution in [-0.4, -0.2) is 49.5 Å². The van der Waals surface area contributed by atoms with E-state index >= 15 is 0 Å². The van der Waals surface area contributed by atoms with Crippen molar-refractivity contribution in [2.45, 2.75) is 24.7 Å². The Hall–Kier alpha value is -1.76. The lowest BCUT2D eigenvalue weighted by Gasteiger charge is -2.28. The van der Waals surface area contributed by atoms with Crippen LogP contribution in [0.15, 0.2) is 43.1 Å². The Bertz CT molecular complexity index is 591. The van der Waals surface area contributed by atoms with Crippen molar-refractivity contribution in [1.29, 1.82) is 0 Å². The first kappa shape index (κ1) is 19.6. The van der Waals surface area contributed by atoms with Gasteiger partial charge in [0.2, 0.25) is 14.6 Å². The van der Waals surface area contributed by atoms with Gasteiger partial charge >= 0.3 is 6.03 Å². The molecule has 3 atom stereocenters. The zero-order valence-electron chi connectivity index (χ0n) is 14.0. The quantitative estimate of drug-likeness (QED) is 0.742. The maximum atomic E-state index is 14.2. The summed E-state index contributed by atoms with van der Waals surface area (Å²) >= 11 is 0. The van der Waals surface area contributed by atoms with Gasteiger partial charge in [0, 0.05) is 26.3 Å². The average molecular weight is 374 g/mol. The molecule has 1 heterocycles. The number of alkyl halides is 2. The van der Waals surface area contributed by atoms with E-state index in [1.807, 2.05) is 18.2 Å². The second-order valence-electron chi connectivity index (χ2n) is 5.36. The van der Waals surface area contributed by atoms with Crippen LogP contribution in [0.1, 0.15) is 6.42 Å². The first-order chi connectivity index (χ1) is 11.9. The van der Waals surface area contributed by atoms with Crippen molar-refractivity contribution in [3.63, 3.8) is 0 Å². The Labute approximate surface area is 146 Å². The molecule has 3 unspecified atom stereocenters. The smallest absolute Gasteiger partial charge is 0.323 e. The van der Waals surface area contributed by atoms with Gasteiger partial charge in [0.25, 0.3) is 5.92 Å². The molecule has 2 rings (SSSR count). The number of para-hydroxylation sites is 1. The van der Waals surface area contributed by atoms with Crippen LogP contribution in [0.3, 0.4) is 0 Å². The van der Waals surface area contributed by atoms with E-state index in [2.05, 4.69) is 11.9 Å². The third-order valence-electron chi connectivity index (χ3n) is 3.50. The molecule has 0 aromatic heterocycles. The van der Waals surface area contributed by atoms with Crippen LogP contribution >= 0.6 is 8.38 Å². The Morgan fingerprint density at radius 1 is 1.52 bits per heavy atom. The van der Waals surface area contributed by atoms with Gasteiger partial charge < -0.3 is 19.1 Å². The molecular weight excluding hydrogens is 353 g/mol. The van der Waals surface area contributed by atoms with E-state index in [1.54, 1.807) is 18.8 Å². The predicted molar refractivity (Wildman–Crippen MR) is 90.6 cm³/mol. The van der Waals surface area contributed by atoms with Gasteiger partial charge in [-0.05, 0) is 12.1 Å². The molecule has 1 aromatic rings. The van der Waals surface area contributed by atoms with Crippen molar-refractivity contribution in [2.24, 2.45) is 0 Å². The van der Waals surface area contributed by atoms with Crippen molar-refractivity contribution in [2.75, 3.05) is 20.3 Å². The molecule has 2 amide bonds. The molecule has 1 N–H and O–H groups in total. The van der Waals surface area contributed by atoms with Crippen LogP contribution in [0.5, 0.6) is 5.75 Å². The molecule has 0 bridgehead atoms. The zero-order chi connectivity index (χ0) is 18.4. The van der Waals surface area contributed by atoms with E-state index in [4.69, 9.17) is 13.8 Å². The van der Waals surface area contributed by atoms with E-state index in [0.717, 1.165) is 11.1 Å². The van der Waals surface area contributed by atoms with Crippen molar-refractivity contribution < 1.29 is 27.4 Å². The highest BCUT2D eigenvalue weighted by molar-refractivity contribution is 7.46. The molecule has 1 aliphatic rings. The average Bonchev–Trinajstić information content (AvgIpc) is 2.89. The molecular formula is C16H21F2N2O4P. The molecule has 9 heteroatoms. The van der Waals surface area contributed by atoms with E-state index in [0.29, 0.717) is 5.75 Å². The number of ether oxygens (including phenoxy) is 1. The minimum Gasteiger partial charge on any atom is -0.448 e. The second-order valence-corrected chi connectivity index (χ2v) is 6.68. The standard InChI is InChI=1S/C16H21F2N2O4P/c1-4-20(15(21)19-2)14-16(17,18)10-13(23-14)11-22-25(3)24-12-8-6-5-7-9-12/h4-9,13-14H,1,10-11H2,2-3H3,(H,19,21). The number of carbonyl (C=O) groups excluding carboxylic acids is 1. The molecule has 6 nitrogen and oxygen atoms in total. The first-order valence-corrected chi connectivity index (χ1v) is 9.25. The third-order valence-corrected chi connectivity index (χ3v) is 4.48. The van der Waals surface area contributed by atoms with Gasteiger partial charge in [-0.1, -0.05) is 24.8 Å². The molecule has 1 fully saturated rings. The Balaban J connectivity index is 1.89. The van der Waals surface area contributed by atoms with Crippen molar-refractivity contribution in [3.05, 3.63) is 43.1 Å². The number of amides is 2. The van der Waals surface area contributed by atoms with Crippen LogP contribution in [-0.2, 0) is 9.26 Å². The van der Waals surface area contributed by atoms with Gasteiger partial charge in [0.15, 0.2) is 0 Å². The Morgan fingerprint density at radius 2 is 2.20 bits per heavy atom. The molecule has 0 spiro atoms. The van der Waals surface area contributed by atoms with E-state index in [1.165, 1.54) is 7.05 Å². The highest BCUT2D eigenvalue weighted by Gasteiger charge is 2.54. The zero-order valence-corrected chi connectivity index (χ0v) is 14.9. The number of nitrogens with one attached hydrogen (secondary N) is 1. The summed E-state index contributed by atoms with van der Waals surface area (Å²) in [5.74, 6) is -2.56. The molecule has 0 saturated carbocycles. The van der Waals surface area contributed by atoms with Gasteiger partial charge in [0.1, 0.15) is 5.75 Å². The molecule has 1 saturated heterocycles. The van der Waals surface area contributed by atoms with Gasteiger partial charge in [-0.25, -0.2) is 13.6 Å². The SMILES string of the molecule is C=CN(C(=O)NC)C1OC(COP(C)Oc2ccccc2)CC1(F)F. The summed E-state index contributed by atoms with van der Waals surface area (Å²) < 4.78 is 44.8. The molecule has 0 aliphatic carbocycles. The molecule has 138 valence electrons. The fraction of sp³-hybridized carbons (Fsp3) is 0.438. The van der Waals surface area contributed by atoms with Gasteiger partial charge in [-0.3, -0.25) is 4.90 Å². The van der Waals surface area contributed by atoms with Gasteiger partial charge in [-0.2, -0.15) is 0 Å². The van der Waals surface area contributed by atoms with Crippen LogP contribution in [0.4, 0.5) is 13.6 Å². The van der Waals surface area contributed by atoms with E-state index in [9.17, 15) is 13.6 Å². The monoisotopic (exact) mass is 374 g/mol. The maximum Gasteiger partial charge on any atom is 0.323 e. The Morgan fingerprint density at radius 3 is 2.80 bits per heavy atom. The summed E-state index contributed by atoms with van der Waals surface area (Å²) in [6.45, 7) is 5.06. The molecule has 25 heavy (non-hydrogen) atoms. The lowest BCUT2D eigenvalue weighted by molar-refractivity contribution is -0.125. The molecule has 1 aromatic carbocycles. The topological polar surface area (TPSA) is 60.0 Å². The van der Waals surface area contributed by atoms with Gasteiger partial charge in [-0.15, -0.1) is 0 Å². The first-order valence-electron chi connectivity index (χ1n) is 7.63. The Kier molecular flexibility index (Phi) is 6.70. The van der Waals surface area contributed by atoms with Crippen LogP contribution < -0.4 is 9.84 Å². The number of nitrogens with zero attached hydrogens (tertiary/aromatic N) is 1. The van der Waals surface area contributed by atoms with Crippen molar-refractivity contribution in [1.82, 2.24) is 10.2 Å². The fourth-order valence-corrected chi connectivity index (χ4v) is 3.21. The minimum absolute atomic E-state index is 0.0557. The number of halogens is 2. The fourth-order valence-electron chi connectivity index (χ4n) is 2.36. The second kappa shape index (κ2) is 8.56. The summed E-state index contributed by atoms with van der Waals surface area (Å²) in [4.78, 5) is 12.4. The minimum atomic E-state index is -3.20. The van der Waals surface area contributed by atoms with E-state index < -0.39 is 39.1 Å². The number of urea groups is 1. The molecule has 1 aliphatic heterocycles. The highest BCUT2D eigenvalue weighted by Crippen LogP contribution is 2.41.